The Bertz CT molecular complexity index is 378. The van der Waals surface area contributed by atoms with Crippen molar-refractivity contribution in [2.45, 2.75) is 0 Å². The first-order chi connectivity index (χ1) is 6.29. The molecule has 0 saturated carbocycles. The molecule has 1 heterocycles. The van der Waals surface area contributed by atoms with Crippen LogP contribution in [0.1, 0.15) is 10.4 Å². The van der Waals surface area contributed by atoms with Gasteiger partial charge < -0.3 is 10.1 Å². The molecule has 0 atom stereocenters. The number of carbonyl (C=O) groups is 2. The van der Waals surface area contributed by atoms with E-state index < -0.39 is 0 Å². The van der Waals surface area contributed by atoms with Crippen LogP contribution in [0, 0.1) is 0 Å². The topological polar surface area (TPSA) is 55.4 Å². The summed E-state index contributed by atoms with van der Waals surface area (Å²) in [6, 6.07) is 4.89. The first-order valence-electron chi connectivity index (χ1n) is 3.81. The molecule has 0 fully saturated rings. The van der Waals surface area contributed by atoms with Crippen LogP contribution in [-0.2, 0) is 21.9 Å². The zero-order chi connectivity index (χ0) is 9.26. The molecule has 14 heavy (non-hydrogen) atoms. The Balaban J connectivity index is 0.000000980. The summed E-state index contributed by atoms with van der Waals surface area (Å²) in [6.07, 6.45) is 0.723. The van der Waals surface area contributed by atoms with Crippen LogP contribution in [0.4, 0.5) is 5.69 Å². The Morgan fingerprint density at radius 2 is 2.21 bits per heavy atom. The second kappa shape index (κ2) is 4.26. The Morgan fingerprint density at radius 1 is 1.43 bits per heavy atom. The van der Waals surface area contributed by atoms with E-state index >= 15 is 0 Å². The van der Waals surface area contributed by atoms with Crippen molar-refractivity contribution in [3.8, 4) is 5.75 Å². The molecule has 0 aliphatic carbocycles. The molecule has 74 valence electrons. The van der Waals surface area contributed by atoms with Crippen LogP contribution in [0.15, 0.2) is 18.2 Å². The molecule has 1 N–H and O–H groups in total. The van der Waals surface area contributed by atoms with Crippen molar-refractivity contribution in [2.24, 2.45) is 0 Å². The maximum atomic E-state index is 10.9. The third-order valence-electron chi connectivity index (χ3n) is 1.77. The fraction of sp³-hybridized carbons (Fsp3) is 0.111. The fourth-order valence-corrected chi connectivity index (χ4v) is 1.17. The van der Waals surface area contributed by atoms with E-state index in [0.29, 0.717) is 17.0 Å². The number of rotatable bonds is 1. The molecule has 0 saturated heterocycles. The van der Waals surface area contributed by atoms with Gasteiger partial charge in [-0.25, -0.2) is 0 Å². The van der Waals surface area contributed by atoms with Gasteiger partial charge in [-0.2, -0.15) is 0 Å². The minimum Gasteiger partial charge on any atom is -0.482 e. The smallest absolute Gasteiger partial charge is 0.262 e. The van der Waals surface area contributed by atoms with Crippen molar-refractivity contribution in [1.29, 1.82) is 0 Å². The second-order valence-corrected chi connectivity index (χ2v) is 2.71. The van der Waals surface area contributed by atoms with E-state index in [1.807, 2.05) is 0 Å². The van der Waals surface area contributed by atoms with E-state index in [0.717, 1.165) is 6.29 Å². The first kappa shape index (κ1) is 10.8. The predicted molar refractivity (Wildman–Crippen MR) is 46.0 cm³/mol. The molecule has 0 radical (unpaired) electrons. The van der Waals surface area contributed by atoms with Crippen LogP contribution in [0.3, 0.4) is 0 Å². The zero-order valence-electron chi connectivity index (χ0n) is 7.09. The van der Waals surface area contributed by atoms with Crippen molar-refractivity contribution >= 4 is 17.9 Å². The molecule has 5 heteroatoms. The molecule has 1 aliphatic heterocycles. The molecule has 2 rings (SSSR count). The van der Waals surface area contributed by atoms with Gasteiger partial charge in [-0.3, -0.25) is 9.59 Å². The Kier molecular flexibility index (Phi) is 3.27. The van der Waals surface area contributed by atoms with E-state index in [1.54, 1.807) is 18.2 Å². The van der Waals surface area contributed by atoms with Crippen molar-refractivity contribution in [1.82, 2.24) is 0 Å². The number of fused-ring (bicyclic) bond motifs is 1. The Labute approximate surface area is 91.1 Å². The van der Waals surface area contributed by atoms with Crippen molar-refractivity contribution < 1.29 is 31.4 Å². The number of nitrogens with one attached hydrogen (secondary N) is 1. The maximum Gasteiger partial charge on any atom is 0.262 e. The standard InChI is InChI=1S/C9H7NO3.Fe/c11-4-6-1-2-8-7(3-6)10-9(12)5-13-8;/h1-4H,5H2,(H,10,12);. The number of carbonyl (C=O) groups excluding carboxylic acids is 2. The van der Waals surface area contributed by atoms with Gasteiger partial charge in [0.1, 0.15) is 12.0 Å². The van der Waals surface area contributed by atoms with Gasteiger partial charge in [-0.05, 0) is 18.2 Å². The van der Waals surface area contributed by atoms with Gasteiger partial charge in [0.15, 0.2) is 6.61 Å². The van der Waals surface area contributed by atoms with E-state index in [1.165, 1.54) is 0 Å². The number of ether oxygens (including phenoxy) is 1. The summed E-state index contributed by atoms with van der Waals surface area (Å²) in [5, 5.41) is 2.61. The molecule has 1 amide bonds. The van der Waals surface area contributed by atoms with Crippen LogP contribution in [0.5, 0.6) is 5.75 Å². The first-order valence-corrected chi connectivity index (χ1v) is 3.81. The van der Waals surface area contributed by atoms with Crippen LogP contribution in [0.2, 0.25) is 0 Å². The minimum atomic E-state index is -0.199. The maximum absolute atomic E-state index is 10.9. The van der Waals surface area contributed by atoms with Gasteiger partial charge in [0.05, 0.1) is 5.69 Å². The number of hydrogen-bond acceptors (Lipinski definition) is 3. The summed E-state index contributed by atoms with van der Waals surface area (Å²) in [5.74, 6) is 0.403. The molecule has 0 bridgehead atoms. The van der Waals surface area contributed by atoms with Gasteiger partial charge in [-0.1, -0.05) is 0 Å². The van der Waals surface area contributed by atoms with Crippen molar-refractivity contribution in [3.63, 3.8) is 0 Å². The molecular formula is C9H7FeNO3. The van der Waals surface area contributed by atoms with Crippen molar-refractivity contribution in [3.05, 3.63) is 23.8 Å². The van der Waals surface area contributed by atoms with E-state index in [9.17, 15) is 9.59 Å². The van der Waals surface area contributed by atoms with E-state index in [4.69, 9.17) is 4.74 Å². The second-order valence-electron chi connectivity index (χ2n) is 2.71. The quantitative estimate of drug-likeness (QED) is 0.577. The molecule has 4 nitrogen and oxygen atoms in total. The molecule has 1 aromatic rings. The summed E-state index contributed by atoms with van der Waals surface area (Å²) < 4.78 is 5.11. The fourth-order valence-electron chi connectivity index (χ4n) is 1.17. The number of benzene rings is 1. The third-order valence-corrected chi connectivity index (χ3v) is 1.77. The summed E-state index contributed by atoms with van der Waals surface area (Å²) in [7, 11) is 0. The van der Waals surface area contributed by atoms with Gasteiger partial charge in [0.2, 0.25) is 0 Å². The summed E-state index contributed by atoms with van der Waals surface area (Å²) in [6.45, 7) is 0.0352. The van der Waals surface area contributed by atoms with Crippen LogP contribution in [-0.4, -0.2) is 18.8 Å². The van der Waals surface area contributed by atoms with E-state index in [-0.39, 0.29) is 29.6 Å². The minimum absolute atomic E-state index is 0. The number of amides is 1. The summed E-state index contributed by atoms with van der Waals surface area (Å²) >= 11 is 0. The molecule has 0 spiro atoms. The van der Waals surface area contributed by atoms with Crippen LogP contribution < -0.4 is 10.1 Å². The number of anilines is 1. The predicted octanol–water partition coefficient (Wildman–Crippen LogP) is 0.827. The van der Waals surface area contributed by atoms with Crippen molar-refractivity contribution in [2.75, 3.05) is 11.9 Å². The summed E-state index contributed by atoms with van der Waals surface area (Å²) in [5.41, 5.74) is 1.07. The average molecular weight is 233 g/mol. The monoisotopic (exact) mass is 233 g/mol. The van der Waals surface area contributed by atoms with Crippen LogP contribution in [0.25, 0.3) is 0 Å². The largest absolute Gasteiger partial charge is 0.482 e. The molecule has 1 aromatic carbocycles. The average Bonchev–Trinajstić information content (AvgIpc) is 2.16. The SMILES string of the molecule is O=Cc1ccc2c(c1)NC(=O)CO2.[Fe]. The normalized spacial score (nSPS) is 13.0. The van der Waals surface area contributed by atoms with E-state index in [2.05, 4.69) is 5.32 Å². The van der Waals surface area contributed by atoms with Gasteiger partial charge in [0.25, 0.3) is 5.91 Å². The molecule has 0 unspecified atom stereocenters. The van der Waals surface area contributed by atoms with Gasteiger partial charge in [0, 0.05) is 22.6 Å². The van der Waals surface area contributed by atoms with Gasteiger partial charge in [-0.15, -0.1) is 0 Å². The third kappa shape index (κ3) is 1.95. The summed E-state index contributed by atoms with van der Waals surface area (Å²) in [4.78, 5) is 21.3. The molecular weight excluding hydrogens is 226 g/mol. The Hall–Kier alpha value is -1.32. The zero-order valence-corrected chi connectivity index (χ0v) is 8.20. The molecule has 1 aliphatic rings. The molecule has 0 aromatic heterocycles. The Morgan fingerprint density at radius 3 is 2.93 bits per heavy atom. The number of hydrogen-bond donors (Lipinski definition) is 1. The number of aldehydes is 1. The van der Waals surface area contributed by atoms with Gasteiger partial charge >= 0.3 is 0 Å². The van der Waals surface area contributed by atoms with Crippen LogP contribution >= 0.6 is 0 Å².